The van der Waals surface area contributed by atoms with E-state index in [4.69, 9.17) is 5.26 Å². The number of rotatable bonds is 4. The van der Waals surface area contributed by atoms with E-state index in [9.17, 15) is 4.79 Å². The molecule has 1 aliphatic carbocycles. The van der Waals surface area contributed by atoms with E-state index in [1.807, 2.05) is 36.1 Å². The number of amides is 1. The number of carbonyl (C=O) groups is 1. The summed E-state index contributed by atoms with van der Waals surface area (Å²) in [5.41, 5.74) is 4.03. The van der Waals surface area contributed by atoms with Crippen molar-refractivity contribution in [2.45, 2.75) is 26.2 Å². The van der Waals surface area contributed by atoms with Crippen molar-refractivity contribution in [3.63, 3.8) is 0 Å². The third-order valence-corrected chi connectivity index (χ3v) is 4.59. The maximum atomic E-state index is 12.8. The van der Waals surface area contributed by atoms with E-state index in [-0.39, 0.29) is 11.8 Å². The second-order valence-electron chi connectivity index (χ2n) is 6.05. The van der Waals surface area contributed by atoms with Gasteiger partial charge in [0.15, 0.2) is 0 Å². The molecule has 1 fully saturated rings. The monoisotopic (exact) mass is 304 g/mol. The zero-order valence-electron chi connectivity index (χ0n) is 13.5. The van der Waals surface area contributed by atoms with Gasteiger partial charge in [-0.15, -0.1) is 0 Å². The topological polar surface area (TPSA) is 44.1 Å². The van der Waals surface area contributed by atoms with Crippen LogP contribution in [0.4, 0.5) is 5.69 Å². The molecule has 0 saturated heterocycles. The zero-order chi connectivity index (χ0) is 16.4. The molecule has 0 aliphatic heterocycles. The zero-order valence-corrected chi connectivity index (χ0v) is 13.5. The molecule has 0 aromatic heterocycles. The van der Waals surface area contributed by atoms with Crippen LogP contribution in [-0.2, 0) is 4.79 Å². The molecule has 3 rings (SSSR count). The summed E-state index contributed by atoms with van der Waals surface area (Å²) in [6.07, 6.45) is 0.927. The fraction of sp³-hybridized carbons (Fsp3) is 0.300. The predicted molar refractivity (Wildman–Crippen MR) is 91.2 cm³/mol. The number of nitrogens with zero attached hydrogens (tertiary/aromatic N) is 2. The molecule has 0 radical (unpaired) electrons. The Morgan fingerprint density at radius 3 is 2.52 bits per heavy atom. The maximum absolute atomic E-state index is 12.8. The largest absolute Gasteiger partial charge is 0.312 e. The molecule has 3 heteroatoms. The van der Waals surface area contributed by atoms with E-state index in [2.05, 4.69) is 25.1 Å². The second-order valence-corrected chi connectivity index (χ2v) is 6.05. The smallest absolute Gasteiger partial charge is 0.230 e. The van der Waals surface area contributed by atoms with Gasteiger partial charge >= 0.3 is 0 Å². The van der Waals surface area contributed by atoms with Gasteiger partial charge in [-0.05, 0) is 61.6 Å². The van der Waals surface area contributed by atoms with Gasteiger partial charge in [0.2, 0.25) is 5.91 Å². The molecule has 23 heavy (non-hydrogen) atoms. The first kappa shape index (κ1) is 15.3. The van der Waals surface area contributed by atoms with Crippen molar-refractivity contribution in [1.29, 1.82) is 5.26 Å². The van der Waals surface area contributed by atoms with Crippen molar-refractivity contribution < 1.29 is 4.79 Å². The van der Waals surface area contributed by atoms with Gasteiger partial charge in [0.1, 0.15) is 0 Å². The summed E-state index contributed by atoms with van der Waals surface area (Å²) in [5.74, 6) is 0.605. The van der Waals surface area contributed by atoms with Crippen molar-refractivity contribution in [3.05, 3.63) is 65.2 Å². The summed E-state index contributed by atoms with van der Waals surface area (Å²) in [7, 11) is 0. The number of anilines is 1. The number of carbonyl (C=O) groups excluding carboxylic acids is 1. The normalized spacial score (nSPS) is 19.0. The van der Waals surface area contributed by atoms with Crippen molar-refractivity contribution in [1.82, 2.24) is 0 Å². The van der Waals surface area contributed by atoms with E-state index in [1.165, 1.54) is 11.1 Å². The van der Waals surface area contributed by atoms with Crippen LogP contribution in [0.25, 0.3) is 0 Å². The summed E-state index contributed by atoms with van der Waals surface area (Å²) < 4.78 is 0. The van der Waals surface area contributed by atoms with Gasteiger partial charge < -0.3 is 4.90 Å². The number of nitriles is 1. The lowest BCUT2D eigenvalue weighted by Gasteiger charge is -2.21. The standard InChI is InChI=1S/C20H20N2O/c1-3-22(16-10-8-15(13-21)9-11-16)20(23)19-12-18(19)17-7-5-4-6-14(17)2/h4-11,18-19H,3,12H2,1-2H3/t18-,19+/m0/s1. The first-order valence-electron chi connectivity index (χ1n) is 8.02. The highest BCUT2D eigenvalue weighted by atomic mass is 16.2. The molecule has 2 atom stereocenters. The number of aryl methyl sites for hydroxylation is 1. The third kappa shape index (κ3) is 2.98. The Kier molecular flexibility index (Phi) is 4.16. The lowest BCUT2D eigenvalue weighted by molar-refractivity contribution is -0.119. The summed E-state index contributed by atoms with van der Waals surface area (Å²) >= 11 is 0. The van der Waals surface area contributed by atoms with Crippen LogP contribution in [0.5, 0.6) is 0 Å². The van der Waals surface area contributed by atoms with Crippen molar-refractivity contribution in [2.24, 2.45) is 5.92 Å². The van der Waals surface area contributed by atoms with Crippen molar-refractivity contribution >= 4 is 11.6 Å². The minimum Gasteiger partial charge on any atom is -0.312 e. The minimum atomic E-state index is 0.0756. The molecule has 0 bridgehead atoms. The first-order valence-corrected chi connectivity index (χ1v) is 8.02. The Morgan fingerprint density at radius 1 is 1.22 bits per heavy atom. The molecule has 0 heterocycles. The first-order chi connectivity index (χ1) is 11.2. The molecular weight excluding hydrogens is 284 g/mol. The van der Waals surface area contributed by atoms with Crippen LogP contribution in [0.2, 0.25) is 0 Å². The summed E-state index contributed by atoms with van der Waals surface area (Å²) in [4.78, 5) is 14.7. The molecule has 1 amide bonds. The van der Waals surface area contributed by atoms with Crippen LogP contribution in [0.15, 0.2) is 48.5 Å². The van der Waals surface area contributed by atoms with Crippen LogP contribution >= 0.6 is 0 Å². The second kappa shape index (κ2) is 6.26. The van der Waals surface area contributed by atoms with Crippen LogP contribution < -0.4 is 4.90 Å². The van der Waals surface area contributed by atoms with Gasteiger partial charge in [0, 0.05) is 18.2 Å². The summed E-state index contributed by atoms with van der Waals surface area (Å²) in [5, 5.41) is 8.89. The van der Waals surface area contributed by atoms with Gasteiger partial charge in [-0.1, -0.05) is 24.3 Å². The average Bonchev–Trinajstić information content (AvgIpc) is 3.37. The van der Waals surface area contributed by atoms with Crippen LogP contribution in [0.1, 0.15) is 36.0 Å². The van der Waals surface area contributed by atoms with Gasteiger partial charge in [0.25, 0.3) is 0 Å². The van der Waals surface area contributed by atoms with Crippen molar-refractivity contribution in [2.75, 3.05) is 11.4 Å². The van der Waals surface area contributed by atoms with Crippen LogP contribution in [-0.4, -0.2) is 12.5 Å². The SMILES string of the molecule is CCN(C(=O)[C@@H]1C[C@H]1c1ccccc1C)c1ccc(C#N)cc1. The lowest BCUT2D eigenvalue weighted by atomic mass is 10.0. The van der Waals surface area contributed by atoms with Crippen LogP contribution in [0, 0.1) is 24.2 Å². The molecule has 1 aliphatic rings. The molecule has 2 aromatic carbocycles. The average molecular weight is 304 g/mol. The van der Waals surface area contributed by atoms with E-state index >= 15 is 0 Å². The highest BCUT2D eigenvalue weighted by molar-refractivity contribution is 5.97. The molecule has 116 valence electrons. The summed E-state index contributed by atoms with van der Waals surface area (Å²) in [6.45, 7) is 4.73. The fourth-order valence-corrected chi connectivity index (χ4v) is 3.20. The Bertz CT molecular complexity index is 758. The highest BCUT2D eigenvalue weighted by Crippen LogP contribution is 2.49. The van der Waals surface area contributed by atoms with Gasteiger partial charge in [0.05, 0.1) is 11.6 Å². The number of hydrogen-bond acceptors (Lipinski definition) is 2. The van der Waals surface area contributed by atoms with Crippen LogP contribution in [0.3, 0.4) is 0 Å². The minimum absolute atomic E-state index is 0.0756. The predicted octanol–water partition coefficient (Wildman–Crippen LogP) is 4.02. The summed E-state index contributed by atoms with van der Waals surface area (Å²) in [6, 6.07) is 17.6. The van der Waals surface area contributed by atoms with Gasteiger partial charge in [-0.3, -0.25) is 4.79 Å². The Labute approximate surface area is 137 Å². The molecular formula is C20H20N2O. The van der Waals surface area contributed by atoms with Crippen molar-refractivity contribution in [3.8, 4) is 6.07 Å². The third-order valence-electron chi connectivity index (χ3n) is 4.59. The number of hydrogen-bond donors (Lipinski definition) is 0. The molecule has 0 N–H and O–H groups in total. The number of benzene rings is 2. The van der Waals surface area contributed by atoms with E-state index in [1.54, 1.807) is 12.1 Å². The molecule has 2 aromatic rings. The quantitative estimate of drug-likeness (QED) is 0.856. The van der Waals surface area contributed by atoms with Gasteiger partial charge in [-0.25, -0.2) is 0 Å². The Hall–Kier alpha value is -2.60. The highest BCUT2D eigenvalue weighted by Gasteiger charge is 2.46. The molecule has 0 spiro atoms. The molecule has 1 saturated carbocycles. The van der Waals surface area contributed by atoms with Gasteiger partial charge in [-0.2, -0.15) is 5.26 Å². The van der Waals surface area contributed by atoms with E-state index in [0.717, 1.165) is 12.1 Å². The molecule has 0 unspecified atom stereocenters. The fourth-order valence-electron chi connectivity index (χ4n) is 3.20. The van der Waals surface area contributed by atoms with E-state index < -0.39 is 0 Å². The van der Waals surface area contributed by atoms with E-state index in [0.29, 0.717) is 18.0 Å². The lowest BCUT2D eigenvalue weighted by Crippen LogP contribution is -2.32. The Morgan fingerprint density at radius 2 is 1.91 bits per heavy atom. The Balaban J connectivity index is 1.77. The molecule has 3 nitrogen and oxygen atoms in total. The maximum Gasteiger partial charge on any atom is 0.230 e.